The van der Waals surface area contributed by atoms with E-state index in [-0.39, 0.29) is 0 Å². The van der Waals surface area contributed by atoms with Crippen LogP contribution in [0, 0.1) is 0 Å². The van der Waals surface area contributed by atoms with Crippen molar-refractivity contribution in [2.75, 3.05) is 7.11 Å². The zero-order chi connectivity index (χ0) is 8.55. The van der Waals surface area contributed by atoms with Crippen LogP contribution in [-0.2, 0) is 0 Å². The number of fused-ring (bicyclic) bond motifs is 1. The van der Waals surface area contributed by atoms with Crippen molar-refractivity contribution in [2.24, 2.45) is 3.96 Å². The van der Waals surface area contributed by atoms with Crippen molar-refractivity contribution in [2.45, 2.75) is 4.90 Å². The van der Waals surface area contributed by atoms with E-state index in [0.29, 0.717) is 0 Å². The van der Waals surface area contributed by atoms with Gasteiger partial charge in [0, 0.05) is 0 Å². The molecule has 64 valence electrons. The van der Waals surface area contributed by atoms with Crippen molar-refractivity contribution < 1.29 is 4.74 Å². The van der Waals surface area contributed by atoms with E-state index >= 15 is 0 Å². The topological polar surface area (TPSA) is 21.6 Å². The summed E-state index contributed by atoms with van der Waals surface area (Å²) >= 11 is -1.29. The van der Waals surface area contributed by atoms with E-state index in [1.165, 1.54) is 0 Å². The fourth-order valence-electron chi connectivity index (χ4n) is 0.934. The summed E-state index contributed by atoms with van der Waals surface area (Å²) in [5.74, 6) is 0.869. The summed E-state index contributed by atoms with van der Waals surface area (Å²) in [6, 6.07) is 5.84. The molecule has 0 spiro atoms. The van der Waals surface area contributed by atoms with Gasteiger partial charge in [-0.25, -0.2) is 0 Å². The Balaban J connectivity index is 2.42. The molecule has 1 aromatic carbocycles. The number of nitrogens with zero attached hydrogens (tertiary/aromatic N) is 1. The first kappa shape index (κ1) is 8.57. The van der Waals surface area contributed by atoms with Crippen LogP contribution in [0.25, 0.3) is 0 Å². The monoisotopic (exact) mass is 267 g/mol. The molecule has 0 fully saturated rings. The van der Waals surface area contributed by atoms with Crippen LogP contribution < -0.4 is 4.74 Å². The molecule has 0 aliphatic carbocycles. The summed E-state index contributed by atoms with van der Waals surface area (Å²) in [6.07, 6.45) is 0. The summed E-state index contributed by atoms with van der Waals surface area (Å²) in [7, 11) is 9.28. The average Bonchev–Trinajstić information content (AvgIpc) is 2.43. The van der Waals surface area contributed by atoms with Gasteiger partial charge in [0.1, 0.15) is 0 Å². The van der Waals surface area contributed by atoms with E-state index in [4.69, 9.17) is 14.8 Å². The number of methoxy groups -OCH3 is 1. The predicted molar refractivity (Wildman–Crippen MR) is 52.5 cm³/mol. The van der Waals surface area contributed by atoms with Crippen molar-refractivity contribution in [1.29, 1.82) is 0 Å². The summed E-state index contributed by atoms with van der Waals surface area (Å²) in [5, 5.41) is 0. The Morgan fingerprint density at radius 2 is 2.42 bits per heavy atom. The fraction of sp³-hybridized carbons (Fsp3) is 0.143. The van der Waals surface area contributed by atoms with Crippen molar-refractivity contribution in [3.63, 3.8) is 0 Å². The number of halogens is 1. The van der Waals surface area contributed by atoms with Crippen molar-refractivity contribution in [3.8, 4) is 5.75 Å². The van der Waals surface area contributed by atoms with Crippen LogP contribution in [0.2, 0.25) is 0 Å². The van der Waals surface area contributed by atoms with Gasteiger partial charge in [0.15, 0.2) is 0 Å². The van der Waals surface area contributed by atoms with Gasteiger partial charge in [-0.2, -0.15) is 0 Å². The molecule has 1 unspecified atom stereocenters. The molecule has 1 aliphatic heterocycles. The van der Waals surface area contributed by atoms with E-state index < -0.39 is 11.7 Å². The van der Waals surface area contributed by atoms with Crippen molar-refractivity contribution >= 4 is 37.6 Å². The maximum atomic E-state index is 5.95. The van der Waals surface area contributed by atoms with Crippen LogP contribution in [0.4, 0.5) is 5.69 Å². The zero-order valence-electron chi connectivity index (χ0n) is 6.28. The quantitative estimate of drug-likeness (QED) is 0.729. The molecule has 0 saturated carbocycles. The first-order valence-electron chi connectivity index (χ1n) is 3.28. The van der Waals surface area contributed by atoms with Crippen LogP contribution in [0.1, 0.15) is 0 Å². The van der Waals surface area contributed by atoms with E-state index in [0.717, 1.165) is 16.3 Å². The van der Waals surface area contributed by atoms with Gasteiger partial charge in [-0.1, -0.05) is 0 Å². The molecular weight excluding hydrogens is 261 g/mol. The van der Waals surface area contributed by atoms with Gasteiger partial charge in [0.2, 0.25) is 0 Å². The van der Waals surface area contributed by atoms with Gasteiger partial charge in [0.05, 0.1) is 0 Å². The molecule has 1 heterocycles. The molecule has 0 saturated heterocycles. The number of benzene rings is 1. The fourth-order valence-corrected chi connectivity index (χ4v) is 6.14. The van der Waals surface area contributed by atoms with Crippen LogP contribution in [0.5, 0.6) is 5.75 Å². The third-order valence-corrected chi connectivity index (χ3v) is 6.58. The van der Waals surface area contributed by atoms with E-state index in [9.17, 15) is 0 Å². The number of rotatable bonds is 1. The van der Waals surface area contributed by atoms with Crippen LogP contribution in [-0.4, -0.2) is 18.8 Å². The van der Waals surface area contributed by atoms with Crippen LogP contribution in [0.3, 0.4) is 0 Å². The molecule has 5 heteroatoms. The third-order valence-electron chi connectivity index (χ3n) is 1.50. The molecule has 0 bridgehead atoms. The molecule has 0 amide bonds. The van der Waals surface area contributed by atoms with E-state index in [1.807, 2.05) is 18.2 Å². The molecule has 0 N–H and O–H groups in total. The van der Waals surface area contributed by atoms with Crippen molar-refractivity contribution in [1.82, 2.24) is 0 Å². The first-order valence-corrected chi connectivity index (χ1v) is 9.14. The van der Waals surface area contributed by atoms with Gasteiger partial charge in [-0.15, -0.1) is 0 Å². The van der Waals surface area contributed by atoms with Gasteiger partial charge in [-0.05, 0) is 0 Å². The molecule has 2 nitrogen and oxygen atoms in total. The van der Waals surface area contributed by atoms with E-state index in [2.05, 4.69) is 3.96 Å². The molecule has 0 radical (unpaired) electrons. The molecule has 2 rings (SSSR count). The second-order valence-electron chi connectivity index (χ2n) is 2.21. The summed E-state index contributed by atoms with van der Waals surface area (Å²) in [6.45, 7) is 0. The van der Waals surface area contributed by atoms with Gasteiger partial charge >= 0.3 is 82.3 Å². The Kier molecular flexibility index (Phi) is 2.42. The number of ether oxygens (including phenoxy) is 1. The first-order chi connectivity index (χ1) is 5.79. The maximum absolute atomic E-state index is 5.95. The minimum absolute atomic E-state index is 0.869. The molecule has 1 aromatic rings. The second kappa shape index (κ2) is 3.38. The van der Waals surface area contributed by atoms with Gasteiger partial charge in [-0.3, -0.25) is 0 Å². The molecule has 0 aromatic heterocycles. The van der Waals surface area contributed by atoms with Crippen LogP contribution in [0.15, 0.2) is 27.1 Å². The Hall–Kier alpha value is -0.0205. The summed E-state index contributed by atoms with van der Waals surface area (Å²) in [5.41, 5.74) is 1.01. The number of hydrogen-bond donors (Lipinski definition) is 0. The molecule has 1 aliphatic rings. The van der Waals surface area contributed by atoms with Gasteiger partial charge in [0.25, 0.3) is 0 Å². The predicted octanol–water partition coefficient (Wildman–Crippen LogP) is 2.92. The number of hydrogen-bond acceptors (Lipinski definition) is 3. The SMILES string of the molecule is COc1ccc2c(c1)S[Se](Cl)=N2. The Labute approximate surface area is 82.2 Å². The Bertz CT molecular complexity index is 355. The Morgan fingerprint density at radius 1 is 1.58 bits per heavy atom. The average molecular weight is 267 g/mol. The summed E-state index contributed by atoms with van der Waals surface area (Å²) < 4.78 is 9.42. The van der Waals surface area contributed by atoms with Crippen molar-refractivity contribution in [3.05, 3.63) is 18.2 Å². The minimum atomic E-state index is -1.29. The van der Waals surface area contributed by atoms with Gasteiger partial charge < -0.3 is 0 Å². The zero-order valence-corrected chi connectivity index (χ0v) is 9.57. The third kappa shape index (κ3) is 1.52. The normalized spacial score (nSPS) is 20.0. The Morgan fingerprint density at radius 3 is 3.17 bits per heavy atom. The standard InChI is InChI=1S/C7H6ClNOSSe/c1-10-5-2-3-6-7(4-5)11-12(8)9-6/h2-4H,1H3. The summed E-state index contributed by atoms with van der Waals surface area (Å²) in [4.78, 5) is 1.15. The molecule has 1 atom stereocenters. The molecule has 12 heavy (non-hydrogen) atoms. The second-order valence-corrected chi connectivity index (χ2v) is 9.23. The van der Waals surface area contributed by atoms with E-state index in [1.54, 1.807) is 17.3 Å². The van der Waals surface area contributed by atoms with Crippen LogP contribution >= 0.6 is 20.3 Å². The molecular formula is C7H6ClNOSSe.